The molecule has 0 aliphatic carbocycles. The molecule has 2 N–H and O–H groups in total. The molecule has 0 saturated carbocycles. The Morgan fingerprint density at radius 3 is 2.77 bits per heavy atom. The lowest BCUT2D eigenvalue weighted by molar-refractivity contribution is -0.113. The van der Waals surface area contributed by atoms with Crippen LogP contribution in [0.5, 0.6) is 5.75 Å². The molecule has 2 aromatic carbocycles. The quantitative estimate of drug-likeness (QED) is 0.567. The van der Waals surface area contributed by atoms with E-state index in [4.69, 9.17) is 21.1 Å². The van der Waals surface area contributed by atoms with E-state index in [1.807, 2.05) is 36.7 Å². The molecule has 0 bridgehead atoms. The van der Waals surface area contributed by atoms with E-state index < -0.39 is 12.2 Å². The molecule has 1 aromatic heterocycles. The van der Waals surface area contributed by atoms with Gasteiger partial charge in [-0.25, -0.2) is 4.39 Å². The minimum Gasteiger partial charge on any atom is -0.491 e. The first-order valence-electron chi connectivity index (χ1n) is 10.5. The van der Waals surface area contributed by atoms with E-state index in [-0.39, 0.29) is 31.2 Å². The molecule has 31 heavy (non-hydrogen) atoms. The highest BCUT2D eigenvalue weighted by Crippen LogP contribution is 2.38. The van der Waals surface area contributed by atoms with E-state index in [1.165, 1.54) is 6.07 Å². The molecule has 1 fully saturated rings. The van der Waals surface area contributed by atoms with Gasteiger partial charge in [0.05, 0.1) is 48.1 Å². The molecule has 0 radical (unpaired) electrons. The van der Waals surface area contributed by atoms with Gasteiger partial charge in [-0.1, -0.05) is 29.8 Å². The Balaban J connectivity index is 1.71. The highest BCUT2D eigenvalue weighted by molar-refractivity contribution is 6.35. The van der Waals surface area contributed by atoms with Crippen molar-refractivity contribution in [1.82, 2.24) is 4.57 Å². The highest BCUT2D eigenvalue weighted by Gasteiger charge is 2.31. The van der Waals surface area contributed by atoms with Crippen molar-refractivity contribution in [1.29, 1.82) is 0 Å². The molecule has 5 nitrogen and oxygen atoms in total. The van der Waals surface area contributed by atoms with Crippen LogP contribution in [-0.2, 0) is 11.3 Å². The predicted molar refractivity (Wildman–Crippen MR) is 118 cm³/mol. The maximum Gasteiger partial charge on any atom is 0.131 e. The Labute approximate surface area is 186 Å². The molecule has 0 unspecified atom stereocenters. The van der Waals surface area contributed by atoms with Gasteiger partial charge in [-0.3, -0.25) is 0 Å². The normalized spacial score (nSPS) is 21.7. The van der Waals surface area contributed by atoms with Crippen LogP contribution < -0.4 is 4.74 Å². The second kappa shape index (κ2) is 9.17. The van der Waals surface area contributed by atoms with Crippen LogP contribution in [0, 0.1) is 5.82 Å². The number of halogens is 2. The lowest BCUT2D eigenvalue weighted by atomic mass is 9.96. The molecule has 0 spiro atoms. The molecule has 1 saturated heterocycles. The van der Waals surface area contributed by atoms with Gasteiger partial charge in [-0.2, -0.15) is 0 Å². The number of ether oxygens (including phenoxy) is 2. The number of benzene rings is 2. The number of hydrogen-bond donors (Lipinski definition) is 2. The zero-order chi connectivity index (χ0) is 22.1. The first-order valence-corrected chi connectivity index (χ1v) is 10.9. The minimum atomic E-state index is -0.556. The summed E-state index contributed by atoms with van der Waals surface area (Å²) in [5.74, 6) is 0.144. The lowest BCUT2D eigenvalue weighted by Gasteiger charge is -2.32. The van der Waals surface area contributed by atoms with Crippen molar-refractivity contribution in [3.05, 3.63) is 64.6 Å². The Morgan fingerprint density at radius 2 is 2.06 bits per heavy atom. The van der Waals surface area contributed by atoms with Crippen LogP contribution in [0.1, 0.15) is 43.9 Å². The molecular formula is C24H27ClFNO4. The molecular weight excluding hydrogens is 421 g/mol. The topological polar surface area (TPSA) is 63.9 Å². The molecule has 3 atom stereocenters. The average Bonchev–Trinajstić information content (AvgIpc) is 3.09. The molecule has 3 aromatic rings. The lowest BCUT2D eigenvalue weighted by Crippen LogP contribution is -2.33. The van der Waals surface area contributed by atoms with Crippen molar-refractivity contribution in [3.63, 3.8) is 0 Å². The van der Waals surface area contributed by atoms with Gasteiger partial charge in [0, 0.05) is 41.6 Å². The van der Waals surface area contributed by atoms with Crippen molar-refractivity contribution >= 4 is 22.5 Å². The summed E-state index contributed by atoms with van der Waals surface area (Å²) in [6.07, 6.45) is 1.35. The standard InChI is InChI=1S/C24H27ClFNO4/c1-14(2)30-17-7-6-15(22(26)10-17)11-27-12-20(19-4-3-5-21(25)24(19)27)23-9-16(29)8-18(13-28)31-23/h3-7,10,12,14,16,18,23,28-29H,8-9,11,13H2,1-2H3/t16-,18-,23+/m0/s1. The third-order valence-electron chi connectivity index (χ3n) is 5.55. The molecule has 7 heteroatoms. The SMILES string of the molecule is CC(C)Oc1ccc(Cn2cc([C@H]3C[C@@H](O)C[C@@H](CO)O3)c3cccc(Cl)c32)c(F)c1. The maximum absolute atomic E-state index is 14.8. The van der Waals surface area contributed by atoms with Crippen molar-refractivity contribution in [3.8, 4) is 5.75 Å². The molecule has 2 heterocycles. The maximum atomic E-state index is 14.8. The fraction of sp³-hybridized carbons (Fsp3) is 0.417. The van der Waals surface area contributed by atoms with Crippen molar-refractivity contribution in [2.24, 2.45) is 0 Å². The predicted octanol–water partition coefficient (Wildman–Crippen LogP) is 4.84. The van der Waals surface area contributed by atoms with Crippen LogP contribution in [-0.4, -0.2) is 39.7 Å². The molecule has 0 amide bonds. The van der Waals surface area contributed by atoms with Gasteiger partial charge >= 0.3 is 0 Å². The Morgan fingerprint density at radius 1 is 1.26 bits per heavy atom. The molecule has 1 aliphatic rings. The Bertz CT molecular complexity index is 1070. The third-order valence-corrected chi connectivity index (χ3v) is 5.85. The van der Waals surface area contributed by atoms with Crippen LogP contribution >= 0.6 is 11.6 Å². The van der Waals surface area contributed by atoms with Crippen LogP contribution in [0.2, 0.25) is 5.02 Å². The van der Waals surface area contributed by atoms with Gasteiger partial charge in [0.25, 0.3) is 0 Å². The smallest absolute Gasteiger partial charge is 0.131 e. The fourth-order valence-corrected chi connectivity index (χ4v) is 4.50. The van der Waals surface area contributed by atoms with Gasteiger partial charge in [-0.05, 0) is 26.0 Å². The second-order valence-corrected chi connectivity index (χ2v) is 8.73. The number of aromatic nitrogens is 1. The first kappa shape index (κ1) is 22.1. The van der Waals surface area contributed by atoms with Gasteiger partial charge in [-0.15, -0.1) is 0 Å². The summed E-state index contributed by atoms with van der Waals surface area (Å²) in [6, 6.07) is 10.5. The number of fused-ring (bicyclic) bond motifs is 1. The van der Waals surface area contributed by atoms with Gasteiger partial charge < -0.3 is 24.3 Å². The number of aliphatic hydroxyl groups excluding tert-OH is 2. The molecule has 166 valence electrons. The monoisotopic (exact) mass is 447 g/mol. The van der Waals surface area contributed by atoms with E-state index in [9.17, 15) is 14.6 Å². The van der Waals surface area contributed by atoms with E-state index >= 15 is 0 Å². The zero-order valence-corrected chi connectivity index (χ0v) is 18.3. The van der Waals surface area contributed by atoms with Crippen LogP contribution in [0.15, 0.2) is 42.6 Å². The zero-order valence-electron chi connectivity index (χ0n) is 17.6. The third kappa shape index (κ3) is 4.72. The van der Waals surface area contributed by atoms with Crippen LogP contribution in [0.25, 0.3) is 10.9 Å². The van der Waals surface area contributed by atoms with Crippen molar-refractivity contribution in [2.45, 2.75) is 57.6 Å². The first-order chi connectivity index (χ1) is 14.9. The summed E-state index contributed by atoms with van der Waals surface area (Å²) in [6.45, 7) is 3.93. The second-order valence-electron chi connectivity index (χ2n) is 8.32. The largest absolute Gasteiger partial charge is 0.491 e. The summed E-state index contributed by atoms with van der Waals surface area (Å²) in [5.41, 5.74) is 2.16. The summed E-state index contributed by atoms with van der Waals surface area (Å²) in [4.78, 5) is 0. The van der Waals surface area contributed by atoms with E-state index in [2.05, 4.69) is 0 Å². The average molecular weight is 448 g/mol. The number of rotatable bonds is 6. The van der Waals surface area contributed by atoms with E-state index in [0.29, 0.717) is 29.2 Å². The minimum absolute atomic E-state index is 0.0337. The number of para-hydroxylation sites is 1. The van der Waals surface area contributed by atoms with Crippen molar-refractivity contribution in [2.75, 3.05) is 6.61 Å². The van der Waals surface area contributed by atoms with E-state index in [1.54, 1.807) is 18.2 Å². The van der Waals surface area contributed by atoms with Gasteiger partial charge in [0.1, 0.15) is 11.6 Å². The Kier molecular flexibility index (Phi) is 6.53. The van der Waals surface area contributed by atoms with E-state index in [0.717, 1.165) is 16.5 Å². The fourth-order valence-electron chi connectivity index (χ4n) is 4.22. The summed E-state index contributed by atoms with van der Waals surface area (Å²) < 4.78 is 28.3. The summed E-state index contributed by atoms with van der Waals surface area (Å²) >= 11 is 6.52. The van der Waals surface area contributed by atoms with Crippen molar-refractivity contribution < 1.29 is 24.1 Å². The summed E-state index contributed by atoms with van der Waals surface area (Å²) in [5, 5.41) is 21.2. The molecule has 1 aliphatic heterocycles. The van der Waals surface area contributed by atoms with Crippen LogP contribution in [0.3, 0.4) is 0 Å². The van der Waals surface area contributed by atoms with Gasteiger partial charge in [0.15, 0.2) is 0 Å². The summed E-state index contributed by atoms with van der Waals surface area (Å²) in [7, 11) is 0. The number of nitrogens with zero attached hydrogens (tertiary/aromatic N) is 1. The number of hydrogen-bond acceptors (Lipinski definition) is 4. The number of aliphatic hydroxyl groups is 2. The van der Waals surface area contributed by atoms with Gasteiger partial charge in [0.2, 0.25) is 0 Å². The van der Waals surface area contributed by atoms with Crippen LogP contribution in [0.4, 0.5) is 4.39 Å². The molecule has 4 rings (SSSR count). The Hall–Kier alpha value is -2.12. The highest BCUT2D eigenvalue weighted by atomic mass is 35.5.